The Balaban J connectivity index is 1.57. The first-order valence-corrected chi connectivity index (χ1v) is 11.9. The Kier molecular flexibility index (Phi) is 5.28. The summed E-state index contributed by atoms with van der Waals surface area (Å²) in [6.45, 7) is 4.27. The minimum Gasteiger partial charge on any atom is -0.365 e. The van der Waals surface area contributed by atoms with Crippen LogP contribution < -0.4 is 26.9 Å². The molecule has 176 valence electrons. The molecule has 0 bridgehead atoms. The smallest absolute Gasteiger partial charge is 0.271 e. The van der Waals surface area contributed by atoms with Gasteiger partial charge >= 0.3 is 0 Å². The molecule has 1 saturated carbocycles. The summed E-state index contributed by atoms with van der Waals surface area (Å²) < 4.78 is 35.3. The molecule has 1 unspecified atom stereocenters. The van der Waals surface area contributed by atoms with Gasteiger partial charge in [-0.2, -0.15) is 0 Å². The maximum absolute atomic E-state index is 15.9. The molecule has 1 aliphatic heterocycles. The lowest BCUT2D eigenvalue weighted by Crippen LogP contribution is -2.48. The van der Waals surface area contributed by atoms with Crippen LogP contribution in [-0.2, 0) is 4.79 Å². The molecule has 1 amide bonds. The predicted octanol–water partition coefficient (Wildman–Crippen LogP) is 2.20. The minimum absolute atomic E-state index is 0.0240. The molecule has 5 rings (SSSR count). The Morgan fingerprint density at radius 2 is 2.00 bits per heavy atom. The van der Waals surface area contributed by atoms with Gasteiger partial charge in [0.1, 0.15) is 21.7 Å². The van der Waals surface area contributed by atoms with Crippen molar-refractivity contribution >= 4 is 44.2 Å². The van der Waals surface area contributed by atoms with Gasteiger partial charge in [0, 0.05) is 25.2 Å². The van der Waals surface area contributed by atoms with E-state index in [0.29, 0.717) is 17.8 Å². The number of rotatable bonds is 5. The predicted molar refractivity (Wildman–Crippen MR) is 124 cm³/mol. The van der Waals surface area contributed by atoms with Crippen molar-refractivity contribution in [3.63, 3.8) is 0 Å². The summed E-state index contributed by atoms with van der Waals surface area (Å²) in [5, 5.41) is 2.67. The fraction of sp³-hybridized carbons (Fsp3) is 0.500. The number of fused-ring (bicyclic) bond motifs is 2. The van der Waals surface area contributed by atoms with Crippen LogP contribution in [0.25, 0.3) is 21.1 Å². The molecular formula is C22H25F2N5O3S. The van der Waals surface area contributed by atoms with Crippen LogP contribution in [0.1, 0.15) is 39.2 Å². The Labute approximate surface area is 191 Å². The van der Waals surface area contributed by atoms with E-state index in [1.807, 2.05) is 13.8 Å². The summed E-state index contributed by atoms with van der Waals surface area (Å²) in [4.78, 5) is 39.4. The second-order valence-electron chi connectivity index (χ2n) is 9.27. The first kappa shape index (κ1) is 22.0. The topological polar surface area (TPSA) is 113 Å². The number of benzene rings is 1. The Bertz CT molecular complexity index is 1390. The molecule has 3 heterocycles. The third kappa shape index (κ3) is 3.54. The van der Waals surface area contributed by atoms with Crippen molar-refractivity contribution in [3.8, 4) is 0 Å². The zero-order chi connectivity index (χ0) is 23.6. The number of halogens is 2. The molecule has 33 heavy (non-hydrogen) atoms. The van der Waals surface area contributed by atoms with E-state index in [9.17, 15) is 14.4 Å². The standard InChI is InChI=1S/C22H25F2N5O3S/c1-9(2)16(25)21(32)26-10-5-6-28(8-10)18-13(23)7-12-17(15(18)24)29(11-3-4-11)22-14(19(12)30)20(31)27-33-22/h7,9-11,16H,3-6,8,25H2,1-2H3,(H,26,32)(H,27,31)/t10?,16-/m0/s1. The van der Waals surface area contributed by atoms with E-state index in [1.54, 1.807) is 9.47 Å². The average molecular weight is 478 g/mol. The van der Waals surface area contributed by atoms with Crippen LogP contribution in [0.2, 0.25) is 0 Å². The largest absolute Gasteiger partial charge is 0.365 e. The van der Waals surface area contributed by atoms with Gasteiger partial charge in [0.15, 0.2) is 5.82 Å². The van der Waals surface area contributed by atoms with E-state index in [2.05, 4.69) is 9.69 Å². The molecule has 3 aromatic rings. The molecule has 2 aromatic heterocycles. The normalized spacial score (nSPS) is 19.7. The zero-order valence-corrected chi connectivity index (χ0v) is 19.1. The number of nitrogens with two attached hydrogens (primary N) is 1. The number of carbonyl (C=O) groups is 1. The SMILES string of the molecule is CC(C)[C@H](N)C(=O)NC1CCN(c2c(F)cc3c(=O)c4c(=O)[nH]sc4n(C4CC4)c3c2F)C1. The monoisotopic (exact) mass is 477 g/mol. The number of anilines is 1. The maximum atomic E-state index is 15.9. The lowest BCUT2D eigenvalue weighted by molar-refractivity contribution is -0.123. The van der Waals surface area contributed by atoms with E-state index in [0.717, 1.165) is 30.4 Å². The molecule has 2 aliphatic rings. The average Bonchev–Trinajstić information content (AvgIpc) is 3.38. The van der Waals surface area contributed by atoms with Crippen LogP contribution in [0, 0.1) is 17.6 Å². The van der Waals surface area contributed by atoms with Crippen molar-refractivity contribution in [3.05, 3.63) is 38.3 Å². The summed E-state index contributed by atoms with van der Waals surface area (Å²) in [7, 11) is 0. The third-order valence-electron chi connectivity index (χ3n) is 6.56. The molecule has 1 aromatic carbocycles. The van der Waals surface area contributed by atoms with Crippen molar-refractivity contribution in [2.75, 3.05) is 18.0 Å². The molecule has 1 aliphatic carbocycles. The number of aromatic nitrogens is 2. The van der Waals surface area contributed by atoms with Gasteiger partial charge < -0.3 is 20.5 Å². The summed E-state index contributed by atoms with van der Waals surface area (Å²) in [6, 6.07) is 0.0430. The molecule has 2 fully saturated rings. The molecule has 2 atom stereocenters. The van der Waals surface area contributed by atoms with Crippen LogP contribution in [0.15, 0.2) is 15.7 Å². The van der Waals surface area contributed by atoms with Crippen molar-refractivity contribution in [2.45, 2.75) is 51.2 Å². The van der Waals surface area contributed by atoms with Crippen molar-refractivity contribution in [2.24, 2.45) is 11.7 Å². The van der Waals surface area contributed by atoms with Crippen LogP contribution in [-0.4, -0.2) is 40.0 Å². The van der Waals surface area contributed by atoms with Crippen LogP contribution in [0.3, 0.4) is 0 Å². The molecule has 8 nitrogen and oxygen atoms in total. The molecule has 1 saturated heterocycles. The number of carbonyl (C=O) groups excluding carboxylic acids is 1. The third-order valence-corrected chi connectivity index (χ3v) is 7.45. The number of H-pyrrole nitrogens is 1. The van der Waals surface area contributed by atoms with Gasteiger partial charge in [-0.1, -0.05) is 13.8 Å². The number of pyridine rings is 1. The summed E-state index contributed by atoms with van der Waals surface area (Å²) in [5.74, 6) is -2.00. The van der Waals surface area contributed by atoms with Gasteiger partial charge in [-0.15, -0.1) is 0 Å². The number of aromatic amines is 1. The molecular weight excluding hydrogens is 452 g/mol. The second-order valence-corrected chi connectivity index (χ2v) is 10.1. The number of amides is 1. The maximum Gasteiger partial charge on any atom is 0.271 e. The summed E-state index contributed by atoms with van der Waals surface area (Å²) in [6.07, 6.45) is 2.10. The fourth-order valence-corrected chi connectivity index (χ4v) is 5.48. The lowest BCUT2D eigenvalue weighted by Gasteiger charge is -2.23. The number of nitrogens with zero attached hydrogens (tertiary/aromatic N) is 2. The van der Waals surface area contributed by atoms with Crippen LogP contribution in [0.4, 0.5) is 14.5 Å². The molecule has 0 spiro atoms. The van der Waals surface area contributed by atoms with E-state index in [1.165, 1.54) is 0 Å². The minimum atomic E-state index is -0.865. The Morgan fingerprint density at radius 3 is 2.67 bits per heavy atom. The quantitative estimate of drug-likeness (QED) is 0.522. The van der Waals surface area contributed by atoms with Gasteiger partial charge in [0.2, 0.25) is 11.3 Å². The zero-order valence-electron chi connectivity index (χ0n) is 18.3. The number of nitrogens with one attached hydrogen (secondary N) is 2. The highest BCUT2D eigenvalue weighted by molar-refractivity contribution is 7.12. The highest BCUT2D eigenvalue weighted by atomic mass is 32.1. The fourth-order valence-electron chi connectivity index (χ4n) is 4.56. The van der Waals surface area contributed by atoms with Crippen molar-refractivity contribution in [1.82, 2.24) is 14.3 Å². The Morgan fingerprint density at radius 1 is 1.27 bits per heavy atom. The van der Waals surface area contributed by atoms with Crippen molar-refractivity contribution in [1.29, 1.82) is 0 Å². The van der Waals surface area contributed by atoms with E-state index >= 15 is 8.78 Å². The molecule has 11 heteroatoms. The van der Waals surface area contributed by atoms with Gasteiger partial charge in [-0.05, 0) is 42.8 Å². The molecule has 4 N–H and O–H groups in total. The summed E-state index contributed by atoms with van der Waals surface area (Å²) >= 11 is 0.993. The van der Waals surface area contributed by atoms with E-state index < -0.39 is 28.7 Å². The highest BCUT2D eigenvalue weighted by Crippen LogP contribution is 2.42. The lowest BCUT2D eigenvalue weighted by atomic mass is 10.0. The summed E-state index contributed by atoms with van der Waals surface area (Å²) in [5.41, 5.74) is 4.50. The van der Waals surface area contributed by atoms with Gasteiger partial charge in [-0.3, -0.25) is 18.8 Å². The first-order valence-electron chi connectivity index (χ1n) is 11.1. The van der Waals surface area contributed by atoms with E-state index in [4.69, 9.17) is 5.73 Å². The van der Waals surface area contributed by atoms with Gasteiger partial charge in [-0.25, -0.2) is 8.78 Å². The second kappa shape index (κ2) is 7.91. The van der Waals surface area contributed by atoms with Crippen LogP contribution in [0.5, 0.6) is 0 Å². The number of hydrogen-bond acceptors (Lipinski definition) is 6. The van der Waals surface area contributed by atoms with E-state index in [-0.39, 0.29) is 52.4 Å². The Hall–Kier alpha value is -2.79. The van der Waals surface area contributed by atoms with Gasteiger partial charge in [0.25, 0.3) is 5.56 Å². The highest BCUT2D eigenvalue weighted by Gasteiger charge is 2.34. The number of hydrogen-bond donors (Lipinski definition) is 3. The van der Waals surface area contributed by atoms with Crippen LogP contribution >= 0.6 is 11.5 Å². The first-order chi connectivity index (χ1) is 15.7. The van der Waals surface area contributed by atoms with Crippen molar-refractivity contribution < 1.29 is 13.6 Å². The van der Waals surface area contributed by atoms with Gasteiger partial charge in [0.05, 0.1) is 16.9 Å². The molecule has 0 radical (unpaired) electrons.